The molecule has 0 atom stereocenters. The van der Waals surface area contributed by atoms with Gasteiger partial charge in [0.2, 0.25) is 0 Å². The van der Waals surface area contributed by atoms with Crippen LogP contribution in [0.3, 0.4) is 0 Å². The Morgan fingerprint density at radius 1 is 1.07 bits per heavy atom. The van der Waals surface area contributed by atoms with Crippen molar-refractivity contribution in [2.75, 3.05) is 7.05 Å². The van der Waals surface area contributed by atoms with Gasteiger partial charge in [-0.1, -0.05) is 45.0 Å². The van der Waals surface area contributed by atoms with Crippen molar-refractivity contribution in [1.82, 2.24) is 4.90 Å². The molecule has 1 aliphatic rings. The minimum absolute atomic E-state index is 0.00525. The van der Waals surface area contributed by atoms with Gasteiger partial charge in [0, 0.05) is 13.1 Å². The van der Waals surface area contributed by atoms with Crippen LogP contribution in [-0.2, 0) is 10.2 Å². The first-order valence-electron chi connectivity index (χ1n) is 8.47. The Morgan fingerprint density at radius 2 is 1.74 bits per heavy atom. The molecule has 0 aliphatic carbocycles. The fraction of sp³-hybridized carbons (Fsp3) is 0.238. The molecule has 1 fully saturated rings. The summed E-state index contributed by atoms with van der Waals surface area (Å²) in [5.74, 6) is -1.64. The number of benzene rings is 2. The molecule has 2 aromatic rings. The van der Waals surface area contributed by atoms with E-state index in [4.69, 9.17) is 0 Å². The van der Waals surface area contributed by atoms with Gasteiger partial charge < -0.3 is 0 Å². The zero-order valence-corrected chi connectivity index (χ0v) is 16.4. The summed E-state index contributed by atoms with van der Waals surface area (Å²) in [5.41, 5.74) is 2.17. The van der Waals surface area contributed by atoms with Crippen molar-refractivity contribution in [1.29, 1.82) is 0 Å². The number of aliphatic imine (C=N–C) groups is 1. The molecule has 0 bridgehead atoms. The number of likely N-dealkylation sites (N-methyl/N-ethyl adjacent to an activating group) is 1. The Morgan fingerprint density at radius 3 is 2.33 bits per heavy atom. The van der Waals surface area contributed by atoms with Crippen LogP contribution in [0, 0.1) is 11.6 Å². The summed E-state index contributed by atoms with van der Waals surface area (Å²) in [5, 5.41) is 0.350. The zero-order valence-electron chi connectivity index (χ0n) is 15.6. The van der Waals surface area contributed by atoms with E-state index in [1.165, 1.54) is 28.3 Å². The van der Waals surface area contributed by atoms with Crippen molar-refractivity contribution < 1.29 is 13.6 Å². The van der Waals surface area contributed by atoms with Gasteiger partial charge in [0.05, 0.1) is 4.91 Å². The van der Waals surface area contributed by atoms with E-state index < -0.39 is 11.6 Å². The van der Waals surface area contributed by atoms with E-state index in [1.807, 2.05) is 24.3 Å². The summed E-state index contributed by atoms with van der Waals surface area (Å²) in [6.45, 7) is 6.43. The van der Waals surface area contributed by atoms with Crippen LogP contribution >= 0.6 is 11.8 Å². The topological polar surface area (TPSA) is 32.7 Å². The Bertz CT molecular complexity index is 944. The van der Waals surface area contributed by atoms with Crippen LogP contribution in [0.2, 0.25) is 0 Å². The molecule has 27 heavy (non-hydrogen) atoms. The van der Waals surface area contributed by atoms with E-state index in [2.05, 4.69) is 25.8 Å². The summed E-state index contributed by atoms with van der Waals surface area (Å²) in [7, 11) is 1.58. The summed E-state index contributed by atoms with van der Waals surface area (Å²) in [4.78, 5) is 18.5. The first kappa shape index (κ1) is 19.3. The van der Waals surface area contributed by atoms with Crippen molar-refractivity contribution in [3.63, 3.8) is 0 Å². The zero-order chi connectivity index (χ0) is 19.8. The minimum atomic E-state index is -0.765. The molecule has 0 N–H and O–H groups in total. The second-order valence-electron chi connectivity index (χ2n) is 7.34. The lowest BCUT2D eigenvalue weighted by Crippen LogP contribution is -2.23. The van der Waals surface area contributed by atoms with Crippen LogP contribution in [0.4, 0.5) is 14.5 Å². The molecule has 1 saturated heterocycles. The summed E-state index contributed by atoms with van der Waals surface area (Å²) < 4.78 is 26.9. The number of carbonyl (C=O) groups is 1. The summed E-state index contributed by atoms with van der Waals surface area (Å²) in [6, 6.07) is 11.2. The van der Waals surface area contributed by atoms with Crippen molar-refractivity contribution in [2.24, 2.45) is 4.99 Å². The molecule has 3 rings (SSSR count). The van der Waals surface area contributed by atoms with Gasteiger partial charge in [0.15, 0.2) is 11.0 Å². The number of nitrogens with zero attached hydrogens (tertiary/aromatic N) is 2. The normalized spacial score (nSPS) is 18.0. The van der Waals surface area contributed by atoms with Gasteiger partial charge in [-0.25, -0.2) is 13.8 Å². The van der Waals surface area contributed by atoms with E-state index in [-0.39, 0.29) is 17.0 Å². The highest BCUT2D eigenvalue weighted by Gasteiger charge is 2.30. The van der Waals surface area contributed by atoms with Gasteiger partial charge in [-0.3, -0.25) is 9.69 Å². The van der Waals surface area contributed by atoms with Crippen LogP contribution in [0.15, 0.2) is 52.4 Å². The third kappa shape index (κ3) is 4.27. The van der Waals surface area contributed by atoms with Crippen molar-refractivity contribution in [3.05, 3.63) is 70.1 Å². The molecular formula is C21H20F2N2OS. The molecule has 1 amide bonds. The van der Waals surface area contributed by atoms with Crippen molar-refractivity contribution in [3.8, 4) is 0 Å². The van der Waals surface area contributed by atoms with E-state index >= 15 is 0 Å². The number of thioether (sulfide) groups is 1. The van der Waals surface area contributed by atoms with Gasteiger partial charge in [0.1, 0.15) is 11.5 Å². The third-order valence-electron chi connectivity index (χ3n) is 4.20. The smallest absolute Gasteiger partial charge is 0.266 e. The first-order valence-corrected chi connectivity index (χ1v) is 9.29. The number of amides is 1. The van der Waals surface area contributed by atoms with Crippen LogP contribution in [-0.4, -0.2) is 23.0 Å². The van der Waals surface area contributed by atoms with Crippen LogP contribution in [0.25, 0.3) is 6.08 Å². The molecule has 0 radical (unpaired) electrons. The lowest BCUT2D eigenvalue weighted by molar-refractivity contribution is -0.121. The lowest BCUT2D eigenvalue weighted by Gasteiger charge is -2.18. The highest BCUT2D eigenvalue weighted by atomic mass is 32.2. The average molecular weight is 386 g/mol. The fourth-order valence-corrected chi connectivity index (χ4v) is 3.54. The van der Waals surface area contributed by atoms with Gasteiger partial charge in [-0.2, -0.15) is 0 Å². The standard InChI is InChI=1S/C21H20F2N2OS/c1-21(2,3)14-7-5-13(6-8-14)11-18-19(26)25(4)20(27-18)24-17-10-9-15(22)12-16(17)23/h5-12H,1-4H3/b18-11-,24-20?. The maximum absolute atomic E-state index is 13.8. The Hall–Kier alpha value is -2.47. The number of carbonyl (C=O) groups excluding carboxylic acids is 1. The molecule has 0 spiro atoms. The van der Waals surface area contributed by atoms with Gasteiger partial charge in [-0.05, 0) is 46.5 Å². The molecule has 0 saturated carbocycles. The maximum atomic E-state index is 13.8. The Balaban J connectivity index is 1.87. The highest BCUT2D eigenvalue weighted by molar-refractivity contribution is 8.18. The largest absolute Gasteiger partial charge is 0.290 e. The SMILES string of the molecule is CN1C(=O)/C(=C/c2ccc(C(C)(C)C)cc2)SC1=Nc1ccc(F)cc1F. The van der Waals surface area contributed by atoms with E-state index in [1.54, 1.807) is 13.1 Å². The van der Waals surface area contributed by atoms with Gasteiger partial charge in [-0.15, -0.1) is 0 Å². The van der Waals surface area contributed by atoms with Crippen LogP contribution in [0.5, 0.6) is 0 Å². The molecule has 0 unspecified atom stereocenters. The third-order valence-corrected chi connectivity index (χ3v) is 5.26. The van der Waals surface area contributed by atoms with Crippen molar-refractivity contribution >= 4 is 34.6 Å². The molecule has 1 aliphatic heterocycles. The van der Waals surface area contributed by atoms with Gasteiger partial charge >= 0.3 is 0 Å². The predicted molar refractivity (Wildman–Crippen MR) is 107 cm³/mol. The first-order chi connectivity index (χ1) is 12.6. The number of halogens is 2. The number of hydrogen-bond acceptors (Lipinski definition) is 3. The van der Waals surface area contributed by atoms with Crippen LogP contribution < -0.4 is 0 Å². The molecule has 3 nitrogen and oxygen atoms in total. The summed E-state index contributed by atoms with van der Waals surface area (Å²) >= 11 is 1.17. The number of hydrogen-bond donors (Lipinski definition) is 0. The highest BCUT2D eigenvalue weighted by Crippen LogP contribution is 2.34. The van der Waals surface area contributed by atoms with Gasteiger partial charge in [0.25, 0.3) is 5.91 Å². The predicted octanol–water partition coefficient (Wildman–Crippen LogP) is 5.50. The van der Waals surface area contributed by atoms with E-state index in [0.717, 1.165) is 17.7 Å². The Kier molecular flexibility index (Phi) is 5.20. The molecule has 6 heteroatoms. The lowest BCUT2D eigenvalue weighted by atomic mass is 9.87. The van der Waals surface area contributed by atoms with Crippen LogP contribution in [0.1, 0.15) is 31.9 Å². The molecule has 2 aromatic carbocycles. The second kappa shape index (κ2) is 7.27. The molecular weight excluding hydrogens is 366 g/mol. The van der Waals surface area contributed by atoms with Crippen molar-refractivity contribution in [2.45, 2.75) is 26.2 Å². The minimum Gasteiger partial charge on any atom is -0.290 e. The maximum Gasteiger partial charge on any atom is 0.266 e. The van der Waals surface area contributed by atoms with E-state index in [9.17, 15) is 13.6 Å². The van der Waals surface area contributed by atoms with E-state index in [0.29, 0.717) is 10.1 Å². The average Bonchev–Trinajstić information content (AvgIpc) is 2.85. The Labute approximate surface area is 161 Å². The second-order valence-corrected chi connectivity index (χ2v) is 8.35. The monoisotopic (exact) mass is 386 g/mol. The molecule has 140 valence electrons. The quantitative estimate of drug-likeness (QED) is 0.639. The number of amidine groups is 1. The molecule has 1 heterocycles. The molecule has 0 aromatic heterocycles. The number of rotatable bonds is 2. The summed E-state index contributed by atoms with van der Waals surface area (Å²) in [6.07, 6.45) is 1.79. The fourth-order valence-electron chi connectivity index (χ4n) is 2.56.